The van der Waals surface area contributed by atoms with Crippen LogP contribution in [0.2, 0.25) is 0 Å². The minimum absolute atomic E-state index is 0.391. The summed E-state index contributed by atoms with van der Waals surface area (Å²) in [6.07, 6.45) is 7.40. The van der Waals surface area contributed by atoms with E-state index in [1.165, 1.54) is 0 Å². The van der Waals surface area contributed by atoms with E-state index in [1.54, 1.807) is 12.4 Å². The SMILES string of the molecule is NC1CC(c2cnccn2)C1. The zero-order valence-electron chi connectivity index (χ0n) is 6.27. The zero-order chi connectivity index (χ0) is 7.68. The van der Waals surface area contributed by atoms with Gasteiger partial charge in [0.25, 0.3) is 0 Å². The van der Waals surface area contributed by atoms with E-state index in [4.69, 9.17) is 5.73 Å². The molecular formula is C8H11N3. The van der Waals surface area contributed by atoms with Gasteiger partial charge in [-0.05, 0) is 12.8 Å². The number of nitrogens with zero attached hydrogens (tertiary/aromatic N) is 2. The Bertz CT molecular complexity index is 228. The van der Waals surface area contributed by atoms with Crippen LogP contribution >= 0.6 is 0 Å². The molecule has 11 heavy (non-hydrogen) atoms. The molecule has 0 amide bonds. The van der Waals surface area contributed by atoms with Crippen LogP contribution in [0.5, 0.6) is 0 Å². The molecule has 1 aliphatic carbocycles. The van der Waals surface area contributed by atoms with E-state index in [9.17, 15) is 0 Å². The van der Waals surface area contributed by atoms with E-state index in [0.29, 0.717) is 12.0 Å². The summed E-state index contributed by atoms with van der Waals surface area (Å²) in [5, 5.41) is 0. The van der Waals surface area contributed by atoms with Crippen LogP contribution in [0.15, 0.2) is 18.6 Å². The summed E-state index contributed by atoms with van der Waals surface area (Å²) in [5.41, 5.74) is 6.75. The molecule has 1 fully saturated rings. The second-order valence-electron chi connectivity index (χ2n) is 3.06. The van der Waals surface area contributed by atoms with Crippen molar-refractivity contribution in [1.29, 1.82) is 0 Å². The first-order valence-corrected chi connectivity index (χ1v) is 3.88. The normalized spacial score (nSPS) is 29.5. The highest BCUT2D eigenvalue weighted by Crippen LogP contribution is 2.33. The van der Waals surface area contributed by atoms with Gasteiger partial charge in [0.15, 0.2) is 0 Å². The van der Waals surface area contributed by atoms with Gasteiger partial charge < -0.3 is 5.73 Å². The van der Waals surface area contributed by atoms with E-state index in [0.717, 1.165) is 18.5 Å². The molecule has 0 aromatic carbocycles. The summed E-state index contributed by atoms with van der Waals surface area (Å²) in [4.78, 5) is 8.23. The Kier molecular flexibility index (Phi) is 1.58. The summed E-state index contributed by atoms with van der Waals surface area (Å²) >= 11 is 0. The van der Waals surface area contributed by atoms with Crippen molar-refractivity contribution < 1.29 is 0 Å². The monoisotopic (exact) mass is 149 g/mol. The van der Waals surface area contributed by atoms with Crippen LogP contribution in [0.25, 0.3) is 0 Å². The first kappa shape index (κ1) is 6.73. The van der Waals surface area contributed by atoms with Crippen LogP contribution in [-0.4, -0.2) is 16.0 Å². The maximum atomic E-state index is 5.66. The third kappa shape index (κ3) is 1.24. The lowest BCUT2D eigenvalue weighted by Crippen LogP contribution is -2.35. The zero-order valence-corrected chi connectivity index (χ0v) is 6.27. The van der Waals surface area contributed by atoms with Gasteiger partial charge in [-0.1, -0.05) is 0 Å². The fourth-order valence-corrected chi connectivity index (χ4v) is 1.42. The van der Waals surface area contributed by atoms with E-state index in [-0.39, 0.29) is 0 Å². The Hall–Kier alpha value is -0.960. The Morgan fingerprint density at radius 3 is 2.73 bits per heavy atom. The molecule has 3 nitrogen and oxygen atoms in total. The Balaban J connectivity index is 2.08. The predicted molar refractivity (Wildman–Crippen MR) is 42.0 cm³/mol. The molecule has 1 aliphatic rings. The van der Waals surface area contributed by atoms with Crippen LogP contribution in [0, 0.1) is 0 Å². The van der Waals surface area contributed by atoms with Gasteiger partial charge in [-0.3, -0.25) is 9.97 Å². The Labute approximate surface area is 65.7 Å². The summed E-state index contributed by atoms with van der Waals surface area (Å²) in [7, 11) is 0. The van der Waals surface area contributed by atoms with Crippen molar-refractivity contribution in [3.63, 3.8) is 0 Å². The number of hydrogen-bond acceptors (Lipinski definition) is 3. The number of hydrogen-bond donors (Lipinski definition) is 1. The molecule has 2 N–H and O–H groups in total. The first-order valence-electron chi connectivity index (χ1n) is 3.88. The molecule has 0 bridgehead atoms. The fraction of sp³-hybridized carbons (Fsp3) is 0.500. The van der Waals surface area contributed by atoms with Gasteiger partial charge in [0.2, 0.25) is 0 Å². The summed E-state index contributed by atoms with van der Waals surface area (Å²) in [5.74, 6) is 0.568. The molecule has 1 aromatic heterocycles. The number of aromatic nitrogens is 2. The predicted octanol–water partition coefficient (Wildman–Crippen LogP) is 0.681. The highest BCUT2D eigenvalue weighted by molar-refractivity contribution is 5.09. The summed E-state index contributed by atoms with van der Waals surface area (Å²) in [6.45, 7) is 0. The molecule has 0 atom stereocenters. The van der Waals surface area contributed by atoms with Gasteiger partial charge in [0.1, 0.15) is 0 Å². The standard InChI is InChI=1S/C8H11N3/c9-7-3-6(4-7)8-5-10-1-2-11-8/h1-2,5-7H,3-4,9H2. The van der Waals surface area contributed by atoms with E-state index >= 15 is 0 Å². The average molecular weight is 149 g/mol. The van der Waals surface area contributed by atoms with Crippen LogP contribution in [-0.2, 0) is 0 Å². The molecule has 0 saturated heterocycles. The fourth-order valence-electron chi connectivity index (χ4n) is 1.42. The maximum Gasteiger partial charge on any atom is 0.0618 e. The molecule has 0 unspecified atom stereocenters. The second kappa shape index (κ2) is 2.58. The molecule has 0 spiro atoms. The maximum absolute atomic E-state index is 5.66. The van der Waals surface area contributed by atoms with Gasteiger partial charge >= 0.3 is 0 Å². The average Bonchev–Trinajstić information content (AvgIpc) is 2.01. The molecule has 0 aliphatic heterocycles. The first-order chi connectivity index (χ1) is 5.36. The lowest BCUT2D eigenvalue weighted by atomic mass is 9.79. The van der Waals surface area contributed by atoms with Crippen LogP contribution in [0.3, 0.4) is 0 Å². The highest BCUT2D eigenvalue weighted by Gasteiger charge is 2.28. The van der Waals surface area contributed by atoms with Crippen molar-refractivity contribution in [3.8, 4) is 0 Å². The number of rotatable bonds is 1. The van der Waals surface area contributed by atoms with Crippen molar-refractivity contribution in [1.82, 2.24) is 9.97 Å². The Morgan fingerprint density at radius 1 is 1.36 bits per heavy atom. The third-order valence-corrected chi connectivity index (χ3v) is 2.18. The van der Waals surface area contributed by atoms with Gasteiger partial charge in [0, 0.05) is 30.6 Å². The van der Waals surface area contributed by atoms with Crippen molar-refractivity contribution >= 4 is 0 Å². The van der Waals surface area contributed by atoms with Gasteiger partial charge in [0.05, 0.1) is 5.69 Å². The van der Waals surface area contributed by atoms with E-state index < -0.39 is 0 Å². The number of nitrogens with two attached hydrogens (primary N) is 1. The molecule has 2 rings (SSSR count). The van der Waals surface area contributed by atoms with Gasteiger partial charge in [-0.15, -0.1) is 0 Å². The van der Waals surface area contributed by atoms with Crippen molar-refractivity contribution in [3.05, 3.63) is 24.3 Å². The minimum atomic E-state index is 0.391. The summed E-state index contributed by atoms with van der Waals surface area (Å²) < 4.78 is 0. The molecule has 3 heteroatoms. The minimum Gasteiger partial charge on any atom is -0.328 e. The lowest BCUT2D eigenvalue weighted by molar-refractivity contribution is 0.344. The van der Waals surface area contributed by atoms with Gasteiger partial charge in [-0.25, -0.2) is 0 Å². The largest absolute Gasteiger partial charge is 0.328 e. The molecule has 1 aromatic rings. The molecule has 1 saturated carbocycles. The molecule has 58 valence electrons. The van der Waals surface area contributed by atoms with Crippen molar-refractivity contribution in [2.75, 3.05) is 0 Å². The third-order valence-electron chi connectivity index (χ3n) is 2.18. The van der Waals surface area contributed by atoms with Crippen LogP contribution in [0.4, 0.5) is 0 Å². The molecule has 1 heterocycles. The Morgan fingerprint density at radius 2 is 2.18 bits per heavy atom. The quantitative estimate of drug-likeness (QED) is 0.638. The second-order valence-corrected chi connectivity index (χ2v) is 3.06. The summed E-state index contributed by atoms with van der Waals surface area (Å²) in [6, 6.07) is 0.391. The van der Waals surface area contributed by atoms with Crippen molar-refractivity contribution in [2.45, 2.75) is 24.8 Å². The van der Waals surface area contributed by atoms with E-state index in [1.807, 2.05) is 6.20 Å². The molecule has 0 radical (unpaired) electrons. The topological polar surface area (TPSA) is 51.8 Å². The van der Waals surface area contributed by atoms with Crippen LogP contribution in [0.1, 0.15) is 24.5 Å². The highest BCUT2D eigenvalue weighted by atomic mass is 14.8. The van der Waals surface area contributed by atoms with E-state index in [2.05, 4.69) is 9.97 Å². The van der Waals surface area contributed by atoms with Crippen molar-refractivity contribution in [2.24, 2.45) is 5.73 Å². The van der Waals surface area contributed by atoms with Gasteiger partial charge in [-0.2, -0.15) is 0 Å². The lowest BCUT2D eigenvalue weighted by Gasteiger charge is -2.31. The molecular weight excluding hydrogens is 138 g/mol. The smallest absolute Gasteiger partial charge is 0.0618 e. The van der Waals surface area contributed by atoms with Crippen LogP contribution < -0.4 is 5.73 Å².